The van der Waals surface area contributed by atoms with Gasteiger partial charge in [0.25, 0.3) is 0 Å². The maximum Gasteiger partial charge on any atom is 0.494 e. The number of nitrogens with one attached hydrogen (secondary N) is 1. The van der Waals surface area contributed by atoms with E-state index in [9.17, 15) is 28.8 Å². The SMILES string of the molecule is C.CC1(C)OB(B2OC(C)(C)C(C)(C)O2)OC1(C)C.CCn1c(=O)oc2ccc(-c3c[nH]c(=O)cc3C)cc21.CCn1c(=O)oc2ccc(-c3cnc(OC)cc3C)cc21.CCn1c(=O)oc2ccc(B3OC(C)(C)C(C)(C)O3)cc21.CCn1c(=O)oc2ccc(Br)cc21.COc1cc(C)c(Br)cn1.Nc1cc(Br)ccc1O.O=C1Cc2cc(Br)ccc2O1.[CH2-]CC.[V]. The summed E-state index contributed by atoms with van der Waals surface area (Å²) < 4.78 is 81.7. The number of nitrogens with zero attached hydrogens (tertiary/aromatic N) is 6. The van der Waals surface area contributed by atoms with Gasteiger partial charge >= 0.3 is 50.1 Å². The van der Waals surface area contributed by atoms with Crippen LogP contribution in [0.25, 0.3) is 66.7 Å². The van der Waals surface area contributed by atoms with Crippen LogP contribution >= 0.6 is 63.7 Å². The quantitative estimate of drug-likeness (QED) is 0.0286. The van der Waals surface area contributed by atoms with Gasteiger partial charge in [0.1, 0.15) is 11.5 Å². The molecule has 4 aliphatic rings. The van der Waals surface area contributed by atoms with Crippen LogP contribution in [0.1, 0.15) is 154 Å². The van der Waals surface area contributed by atoms with E-state index in [0.29, 0.717) is 78.1 Å². The molecule has 4 aliphatic heterocycles. The van der Waals surface area contributed by atoms with Gasteiger partial charge in [-0.15, -0.1) is 0 Å². The molecule has 0 amide bonds. The van der Waals surface area contributed by atoms with Gasteiger partial charge in [-0.05, 0) is 272 Å². The third-order valence-corrected chi connectivity index (χ3v) is 24.4. The summed E-state index contributed by atoms with van der Waals surface area (Å²) in [6, 6.07) is 38.2. The minimum atomic E-state index is -0.476. The summed E-state index contributed by atoms with van der Waals surface area (Å²) in [5.74, 6) is 0.586. The summed E-state index contributed by atoms with van der Waals surface area (Å²) in [5.41, 5.74) is 17.8. The molecule has 3 fully saturated rings. The number of carbonyl (C=O) groups excluding carboxylic acids is 1. The van der Waals surface area contributed by atoms with Gasteiger partial charge in [0.05, 0.1) is 82.0 Å². The fraction of sp³-hybridized carbons (Fsp3) is 0.380. The van der Waals surface area contributed by atoms with Crippen LogP contribution in [0.15, 0.2) is 206 Å². The summed E-state index contributed by atoms with van der Waals surface area (Å²) >= 11 is 13.2. The molecule has 17 rings (SSSR count). The van der Waals surface area contributed by atoms with Crippen molar-refractivity contribution < 1.29 is 88.3 Å². The van der Waals surface area contributed by atoms with Crippen LogP contribution in [-0.2, 0) is 83.9 Å². The number of nitrogen functional groups attached to an aromatic ring is 1. The Morgan fingerprint density at radius 1 is 0.477 bits per heavy atom. The summed E-state index contributed by atoms with van der Waals surface area (Å²) in [6.07, 6.45) is 6.60. The minimum absolute atomic E-state index is 0. The Bertz CT molecular complexity index is 6270. The zero-order chi connectivity index (χ0) is 93.0. The Balaban J connectivity index is 0.000000202. The van der Waals surface area contributed by atoms with Crippen molar-refractivity contribution in [1.29, 1.82) is 0 Å². The third kappa shape index (κ3) is 25.3. The maximum atomic E-state index is 11.7. The molecule has 11 heterocycles. The molecular formula is C92H112B3Br4N8O20V-. The molecule has 0 spiro atoms. The van der Waals surface area contributed by atoms with Gasteiger partial charge in [0, 0.05) is 116 Å². The zero-order valence-corrected chi connectivity index (χ0v) is 83.2. The monoisotopic (exact) mass is 2050 g/mol. The molecule has 4 N–H and O–H groups in total. The molecule has 0 bridgehead atoms. The van der Waals surface area contributed by atoms with E-state index in [-0.39, 0.29) is 99.9 Å². The van der Waals surface area contributed by atoms with Crippen molar-refractivity contribution in [2.24, 2.45) is 0 Å². The molecular weight excluding hydrogens is 1940 g/mol. The number of halogens is 4. The van der Waals surface area contributed by atoms with Crippen molar-refractivity contribution in [1.82, 2.24) is 33.2 Å². The maximum absolute atomic E-state index is 11.7. The van der Waals surface area contributed by atoms with Crippen LogP contribution in [0.3, 0.4) is 0 Å². The van der Waals surface area contributed by atoms with Crippen molar-refractivity contribution in [2.75, 3.05) is 20.0 Å². The van der Waals surface area contributed by atoms with E-state index >= 15 is 0 Å². The van der Waals surface area contributed by atoms with Crippen LogP contribution in [-0.4, -0.2) is 113 Å². The summed E-state index contributed by atoms with van der Waals surface area (Å²) in [5, 5.41) is 8.90. The molecule has 28 nitrogen and oxygen atoms in total. The molecule has 0 unspecified atom stereocenters. The summed E-state index contributed by atoms with van der Waals surface area (Å²) in [4.78, 5) is 79.4. The second kappa shape index (κ2) is 44.6. The fourth-order valence-electron chi connectivity index (χ4n) is 13.0. The van der Waals surface area contributed by atoms with E-state index < -0.39 is 21.1 Å². The smallest absolute Gasteiger partial charge is 0.494 e. The average Bonchev–Trinajstić information content (AvgIpc) is 1.59. The molecule has 7 aromatic heterocycles. The molecule has 13 aromatic rings. The number of methoxy groups -OCH3 is 2. The van der Waals surface area contributed by atoms with E-state index in [1.54, 1.807) is 99.6 Å². The van der Waals surface area contributed by atoms with Crippen molar-refractivity contribution in [2.45, 2.75) is 219 Å². The number of rotatable bonds is 10. The van der Waals surface area contributed by atoms with E-state index in [0.717, 1.165) is 96.3 Å². The van der Waals surface area contributed by atoms with E-state index in [1.165, 1.54) is 0 Å². The van der Waals surface area contributed by atoms with Gasteiger partial charge in [-0.25, -0.2) is 29.1 Å². The number of anilines is 1. The topological polar surface area (TPSA) is 346 Å². The Labute approximate surface area is 791 Å². The van der Waals surface area contributed by atoms with Crippen LogP contribution in [0.5, 0.6) is 23.3 Å². The Morgan fingerprint density at radius 3 is 1.26 bits per heavy atom. The van der Waals surface area contributed by atoms with E-state index in [4.69, 9.17) is 70.6 Å². The Hall–Kier alpha value is -9.22. The Kier molecular flexibility index (Phi) is 36.9. The van der Waals surface area contributed by atoms with Gasteiger partial charge in [-0.2, -0.15) is 6.42 Å². The van der Waals surface area contributed by atoms with Crippen molar-refractivity contribution in [3.63, 3.8) is 0 Å². The van der Waals surface area contributed by atoms with Crippen LogP contribution in [0.4, 0.5) is 5.69 Å². The van der Waals surface area contributed by atoms with Crippen LogP contribution in [0.2, 0.25) is 0 Å². The molecule has 1 radical (unpaired) electrons. The predicted molar refractivity (Wildman–Crippen MR) is 515 cm³/mol. The van der Waals surface area contributed by atoms with Crippen LogP contribution in [0, 0.1) is 27.7 Å². The number of phenols is 1. The largest absolute Gasteiger partial charge is 0.506 e. The molecule has 36 heteroatoms. The number of aryl methyl sites for hydroxylation is 7. The number of aromatic amines is 1. The van der Waals surface area contributed by atoms with E-state index in [2.05, 4.69) is 85.6 Å². The first-order valence-electron chi connectivity index (χ1n) is 40.8. The number of fused-ring (bicyclic) bond motifs is 5. The second-order valence-electron chi connectivity index (χ2n) is 32.5. The number of esters is 1. The number of aromatic hydroxyl groups is 1. The van der Waals surface area contributed by atoms with Crippen molar-refractivity contribution >= 4 is 146 Å². The van der Waals surface area contributed by atoms with Crippen molar-refractivity contribution in [3.8, 4) is 45.5 Å². The first-order valence-corrected chi connectivity index (χ1v) is 44.0. The minimum Gasteiger partial charge on any atom is -0.506 e. The number of ether oxygens (including phenoxy) is 3. The summed E-state index contributed by atoms with van der Waals surface area (Å²) in [7, 11) is 1.82. The zero-order valence-electron chi connectivity index (χ0n) is 75.5. The van der Waals surface area contributed by atoms with Gasteiger partial charge in [0.2, 0.25) is 17.3 Å². The number of nitrogens with two attached hydrogens (primary N) is 1. The number of aromatic nitrogens is 7. The number of oxazole rings is 4. The number of H-pyrrole nitrogens is 1. The Morgan fingerprint density at radius 2 is 0.844 bits per heavy atom. The molecule has 3 saturated heterocycles. The standard InChI is InChI=1S/C16H16N2O3.C15H20BNO4.C15H14N2O3.C12H24B2O4.C9H8BrNO2.C8H5BrO2.C7H8BrNO.C6H6BrNO.C3H7.CH4.V/c1-4-18-13-8-11(5-6-14(13)21-16(18)19)12-9-17-15(20-3)7-10(12)2;1-6-17-11-9-10(7-8-12(11)19-13(17)18)16-20-14(2,3)15(4,5)21-16;1-3-17-12-7-10(4-5-13(12)20-15(17)19)11-8-16-14(18)6-9(11)2;1-9(2)10(3,4)16-13(15-9)14-17-11(5,6)12(7,8)18-14;1-2-11-7-5-6(10)3-4-8(7)13-9(11)12;9-6-1-2-7-5(3-6)4-8(10)11-7;1-5-3-7(10-2)9-4-6(5)8;7-4-1-2-6(9)5(8)3-4;1-3-2;;/h5-9H,4H2,1-3H3;7-9H,6H2,1-5H3;4-8H,3H2,1-2H3,(H,16,18);1-8H3;3-5H,2H2,1H3;1-3H,4H2;3-4H,1-2H3;1-3,9H,8H2;1,3H2,2H3;1H4;/q;;;;;;;;-1;;. The number of hydrogen-bond acceptors (Lipinski definition) is 23. The number of pyridine rings is 3. The number of benzene rings is 6. The molecule has 0 saturated carbocycles. The normalized spacial score (nSPS) is 15.3. The van der Waals surface area contributed by atoms with E-state index in [1.807, 2.05) is 217 Å². The second-order valence-corrected chi connectivity index (χ2v) is 36.1. The van der Waals surface area contributed by atoms with Gasteiger partial charge in [-0.1, -0.05) is 80.3 Å². The summed E-state index contributed by atoms with van der Waals surface area (Å²) in [6.45, 7) is 45.6. The predicted octanol–water partition coefficient (Wildman–Crippen LogP) is 19.5. The molecule has 128 heavy (non-hydrogen) atoms. The molecule has 6 aromatic carbocycles. The van der Waals surface area contributed by atoms with Gasteiger partial charge in [-0.3, -0.25) is 27.9 Å². The molecule has 0 atom stereocenters. The van der Waals surface area contributed by atoms with Gasteiger partial charge in [0.15, 0.2) is 22.3 Å². The van der Waals surface area contributed by atoms with Crippen LogP contribution < -0.4 is 54.0 Å². The number of hydrogen-bond donors (Lipinski definition) is 3. The van der Waals surface area contributed by atoms with Crippen molar-refractivity contribution in [3.05, 3.63) is 246 Å². The number of phenolic OH excluding ortho intramolecular Hbond substituents is 1. The van der Waals surface area contributed by atoms with Gasteiger partial charge < -0.3 is 82.6 Å². The first-order chi connectivity index (χ1) is 59.2. The number of carbonyl (C=O) groups is 1. The average molecular weight is 2050 g/mol. The molecule has 683 valence electrons. The molecule has 0 aliphatic carbocycles. The fourth-order valence-corrected chi connectivity index (χ4v) is 14.3. The third-order valence-electron chi connectivity index (χ3n) is 22.1. The first kappa shape index (κ1) is 106.